The molecule has 3 aromatic rings. The summed E-state index contributed by atoms with van der Waals surface area (Å²) in [5.41, 5.74) is 8.13. The topological polar surface area (TPSA) is 102 Å². The maximum atomic E-state index is 12.1. The van der Waals surface area contributed by atoms with E-state index < -0.39 is 0 Å². The first kappa shape index (κ1) is 17.8. The first-order chi connectivity index (χ1) is 13.1. The SMILES string of the molecule is COc1ccc(NC(=O)Nc2cccc(C#Cc3cnc(N)nc3)c2)cc1. The minimum atomic E-state index is -0.350. The lowest BCUT2D eigenvalue weighted by Gasteiger charge is -2.08. The van der Waals surface area contributed by atoms with Gasteiger partial charge in [-0.2, -0.15) is 0 Å². The van der Waals surface area contributed by atoms with Gasteiger partial charge in [0.15, 0.2) is 0 Å². The molecule has 0 bridgehead atoms. The van der Waals surface area contributed by atoms with E-state index in [0.717, 1.165) is 11.3 Å². The molecule has 1 aromatic heterocycles. The van der Waals surface area contributed by atoms with Crippen molar-refractivity contribution in [3.05, 3.63) is 72.1 Å². The molecule has 0 saturated heterocycles. The Hall–Kier alpha value is -4.05. The average Bonchev–Trinajstić information content (AvgIpc) is 2.68. The van der Waals surface area contributed by atoms with E-state index in [-0.39, 0.29) is 12.0 Å². The Morgan fingerprint density at radius 1 is 0.963 bits per heavy atom. The predicted molar refractivity (Wildman–Crippen MR) is 105 cm³/mol. The van der Waals surface area contributed by atoms with Crippen molar-refractivity contribution in [2.24, 2.45) is 0 Å². The summed E-state index contributed by atoms with van der Waals surface area (Å²) in [6.07, 6.45) is 3.11. The summed E-state index contributed by atoms with van der Waals surface area (Å²) in [5.74, 6) is 6.87. The number of nitrogen functional groups attached to an aromatic ring is 1. The first-order valence-electron chi connectivity index (χ1n) is 8.04. The lowest BCUT2D eigenvalue weighted by Crippen LogP contribution is -2.19. The number of nitrogens with zero attached hydrogens (tertiary/aromatic N) is 2. The lowest BCUT2D eigenvalue weighted by atomic mass is 10.2. The number of benzene rings is 2. The van der Waals surface area contributed by atoms with Crippen molar-refractivity contribution in [3.8, 4) is 17.6 Å². The molecule has 1 heterocycles. The number of ether oxygens (including phenoxy) is 1. The highest BCUT2D eigenvalue weighted by molar-refractivity contribution is 5.99. The molecule has 0 atom stereocenters. The van der Waals surface area contributed by atoms with Crippen LogP contribution in [0.4, 0.5) is 22.1 Å². The fourth-order valence-corrected chi connectivity index (χ4v) is 2.19. The third-order valence-electron chi connectivity index (χ3n) is 3.49. The number of hydrogen-bond acceptors (Lipinski definition) is 5. The fourth-order valence-electron chi connectivity index (χ4n) is 2.19. The molecule has 0 fully saturated rings. The van der Waals surface area contributed by atoms with Crippen molar-refractivity contribution >= 4 is 23.4 Å². The smallest absolute Gasteiger partial charge is 0.323 e. The van der Waals surface area contributed by atoms with E-state index in [0.29, 0.717) is 16.9 Å². The van der Waals surface area contributed by atoms with Gasteiger partial charge in [-0.25, -0.2) is 14.8 Å². The van der Waals surface area contributed by atoms with Crippen LogP contribution >= 0.6 is 0 Å². The van der Waals surface area contributed by atoms with Crippen LogP contribution in [0.15, 0.2) is 60.9 Å². The largest absolute Gasteiger partial charge is 0.497 e. The van der Waals surface area contributed by atoms with Crippen molar-refractivity contribution in [2.75, 3.05) is 23.5 Å². The molecule has 0 aliphatic rings. The number of anilines is 3. The van der Waals surface area contributed by atoms with E-state index in [4.69, 9.17) is 10.5 Å². The van der Waals surface area contributed by atoms with Crippen LogP contribution in [0.1, 0.15) is 11.1 Å². The van der Waals surface area contributed by atoms with Crippen LogP contribution < -0.4 is 21.1 Å². The number of amides is 2. The molecule has 134 valence electrons. The van der Waals surface area contributed by atoms with Crippen LogP contribution in [-0.2, 0) is 0 Å². The van der Waals surface area contributed by atoms with Crippen LogP contribution in [0.5, 0.6) is 5.75 Å². The molecule has 0 radical (unpaired) electrons. The summed E-state index contributed by atoms with van der Waals surface area (Å²) >= 11 is 0. The zero-order valence-electron chi connectivity index (χ0n) is 14.6. The number of carbonyl (C=O) groups excluding carboxylic acids is 1. The summed E-state index contributed by atoms with van der Waals surface area (Å²) < 4.78 is 5.09. The van der Waals surface area contributed by atoms with E-state index in [1.165, 1.54) is 0 Å². The van der Waals surface area contributed by atoms with Crippen LogP contribution in [0, 0.1) is 11.8 Å². The van der Waals surface area contributed by atoms with Gasteiger partial charge in [-0.05, 0) is 42.5 Å². The van der Waals surface area contributed by atoms with Crippen molar-refractivity contribution in [3.63, 3.8) is 0 Å². The lowest BCUT2D eigenvalue weighted by molar-refractivity contribution is 0.262. The normalized spacial score (nSPS) is 9.67. The first-order valence-corrected chi connectivity index (χ1v) is 8.04. The molecule has 27 heavy (non-hydrogen) atoms. The summed E-state index contributed by atoms with van der Waals surface area (Å²) in [6, 6.07) is 13.9. The highest BCUT2D eigenvalue weighted by Crippen LogP contribution is 2.16. The third kappa shape index (κ3) is 5.21. The maximum absolute atomic E-state index is 12.1. The number of urea groups is 1. The molecule has 2 amide bonds. The van der Waals surface area contributed by atoms with Crippen LogP contribution in [0.25, 0.3) is 0 Å². The Bertz CT molecular complexity index is 989. The molecule has 4 N–H and O–H groups in total. The van der Waals surface area contributed by atoms with Crippen LogP contribution in [0.3, 0.4) is 0 Å². The number of rotatable bonds is 3. The number of aromatic nitrogens is 2. The van der Waals surface area contributed by atoms with Gasteiger partial charge in [0.2, 0.25) is 5.95 Å². The molecule has 7 nitrogen and oxygen atoms in total. The Morgan fingerprint density at radius 3 is 2.33 bits per heavy atom. The number of methoxy groups -OCH3 is 1. The molecule has 7 heteroatoms. The second kappa shape index (κ2) is 8.36. The van der Waals surface area contributed by atoms with E-state index in [1.54, 1.807) is 55.9 Å². The van der Waals surface area contributed by atoms with Gasteiger partial charge in [0.1, 0.15) is 5.75 Å². The quantitative estimate of drug-likeness (QED) is 0.624. The van der Waals surface area contributed by atoms with Gasteiger partial charge in [0.05, 0.1) is 12.7 Å². The molecule has 0 aliphatic heterocycles. The number of nitrogens with one attached hydrogen (secondary N) is 2. The fraction of sp³-hybridized carbons (Fsp3) is 0.0500. The molecule has 2 aromatic carbocycles. The Kier molecular flexibility index (Phi) is 5.50. The van der Waals surface area contributed by atoms with Gasteiger partial charge in [-0.3, -0.25) is 0 Å². The van der Waals surface area contributed by atoms with Gasteiger partial charge in [0, 0.05) is 29.3 Å². The van der Waals surface area contributed by atoms with Gasteiger partial charge in [-0.15, -0.1) is 0 Å². The van der Waals surface area contributed by atoms with Crippen molar-refractivity contribution in [1.29, 1.82) is 0 Å². The average molecular weight is 359 g/mol. The second-order valence-corrected chi connectivity index (χ2v) is 5.47. The predicted octanol–water partition coefficient (Wildman–Crippen LogP) is 3.11. The van der Waals surface area contributed by atoms with E-state index >= 15 is 0 Å². The Labute approximate surface area is 156 Å². The van der Waals surface area contributed by atoms with Gasteiger partial charge >= 0.3 is 6.03 Å². The minimum absolute atomic E-state index is 0.203. The Balaban J connectivity index is 1.64. The summed E-state index contributed by atoms with van der Waals surface area (Å²) in [7, 11) is 1.59. The Morgan fingerprint density at radius 2 is 1.63 bits per heavy atom. The van der Waals surface area contributed by atoms with Gasteiger partial charge < -0.3 is 21.1 Å². The monoisotopic (exact) mass is 359 g/mol. The molecule has 0 aliphatic carbocycles. The van der Waals surface area contributed by atoms with Crippen molar-refractivity contribution in [2.45, 2.75) is 0 Å². The van der Waals surface area contributed by atoms with Gasteiger partial charge in [-0.1, -0.05) is 17.9 Å². The summed E-state index contributed by atoms with van der Waals surface area (Å²) in [6.45, 7) is 0. The van der Waals surface area contributed by atoms with Crippen LogP contribution in [0.2, 0.25) is 0 Å². The van der Waals surface area contributed by atoms with E-state index in [2.05, 4.69) is 32.4 Å². The zero-order valence-corrected chi connectivity index (χ0v) is 14.6. The van der Waals surface area contributed by atoms with Crippen LogP contribution in [-0.4, -0.2) is 23.1 Å². The molecule has 0 unspecified atom stereocenters. The molecule has 0 spiro atoms. The molecule has 3 rings (SSSR count). The number of nitrogens with two attached hydrogens (primary N) is 1. The van der Waals surface area contributed by atoms with Gasteiger partial charge in [0.25, 0.3) is 0 Å². The number of carbonyl (C=O) groups is 1. The second-order valence-electron chi connectivity index (χ2n) is 5.47. The molecular formula is C20H17N5O2. The van der Waals surface area contributed by atoms with E-state index in [9.17, 15) is 4.79 Å². The maximum Gasteiger partial charge on any atom is 0.323 e. The highest BCUT2D eigenvalue weighted by Gasteiger charge is 2.03. The molecule has 0 saturated carbocycles. The van der Waals surface area contributed by atoms with E-state index in [1.807, 2.05) is 12.1 Å². The van der Waals surface area contributed by atoms with Crippen molar-refractivity contribution < 1.29 is 9.53 Å². The van der Waals surface area contributed by atoms with Crippen molar-refractivity contribution in [1.82, 2.24) is 9.97 Å². The number of hydrogen-bond donors (Lipinski definition) is 3. The third-order valence-corrected chi connectivity index (χ3v) is 3.49. The standard InChI is InChI=1S/C20H17N5O2/c1-27-18-9-7-16(8-10-18)24-20(26)25-17-4-2-3-14(11-17)5-6-15-12-22-19(21)23-13-15/h2-4,7-13H,1H3,(H2,21,22,23)(H2,24,25,26). The highest BCUT2D eigenvalue weighted by atomic mass is 16.5. The summed E-state index contributed by atoms with van der Waals surface area (Å²) in [5, 5.41) is 5.53. The summed E-state index contributed by atoms with van der Waals surface area (Å²) in [4.78, 5) is 19.9. The molecular weight excluding hydrogens is 342 g/mol. The zero-order chi connectivity index (χ0) is 19.1. The minimum Gasteiger partial charge on any atom is -0.497 e.